The van der Waals surface area contributed by atoms with E-state index in [9.17, 15) is 0 Å². The highest BCUT2D eigenvalue weighted by Gasteiger charge is 2.22. The molecule has 2 aromatic rings. The van der Waals surface area contributed by atoms with E-state index in [1.54, 1.807) is 7.11 Å². The summed E-state index contributed by atoms with van der Waals surface area (Å²) in [7, 11) is 1.69. The van der Waals surface area contributed by atoms with Crippen LogP contribution in [0.25, 0.3) is 0 Å². The first-order chi connectivity index (χ1) is 18.0. The Morgan fingerprint density at radius 3 is 2.35 bits per heavy atom. The number of rotatable bonds is 7. The van der Waals surface area contributed by atoms with Gasteiger partial charge < -0.3 is 24.6 Å². The fourth-order valence-electron chi connectivity index (χ4n) is 4.49. The monoisotopic (exact) mass is 526 g/mol. The molecule has 37 heavy (non-hydrogen) atoms. The maximum Gasteiger partial charge on any atom is 0.229 e. The summed E-state index contributed by atoms with van der Waals surface area (Å²) in [4.78, 5) is 20.9. The summed E-state index contributed by atoms with van der Waals surface area (Å²) in [5.74, 6) is 2.06. The molecule has 0 aliphatic carbocycles. The summed E-state index contributed by atoms with van der Waals surface area (Å²) in [6.07, 6.45) is 0.999. The largest absolute Gasteiger partial charge is 0.497 e. The van der Waals surface area contributed by atoms with Crippen molar-refractivity contribution in [3.63, 3.8) is 0 Å². The molecule has 0 bridgehead atoms. The molecule has 2 N–H and O–H groups in total. The Morgan fingerprint density at radius 2 is 1.70 bits per heavy atom. The van der Waals surface area contributed by atoms with Crippen molar-refractivity contribution in [2.75, 3.05) is 82.9 Å². The third kappa shape index (κ3) is 8.24. The lowest BCUT2D eigenvalue weighted by Gasteiger charge is -2.37. The lowest BCUT2D eigenvalue weighted by Crippen LogP contribution is -2.51. The maximum atomic E-state index is 5.60. The Kier molecular flexibility index (Phi) is 9.86. The van der Waals surface area contributed by atoms with Crippen molar-refractivity contribution < 1.29 is 9.47 Å². The van der Waals surface area contributed by atoms with Crippen molar-refractivity contribution in [2.45, 2.75) is 20.3 Å². The number of thiocarbonyl (C=S) groups is 1. The van der Waals surface area contributed by atoms with Crippen LogP contribution in [0.1, 0.15) is 17.8 Å². The minimum Gasteiger partial charge on any atom is -0.497 e. The Morgan fingerprint density at radius 1 is 1.03 bits per heavy atom. The summed E-state index contributed by atoms with van der Waals surface area (Å²) in [6, 6.07) is 10.1. The zero-order valence-corrected chi connectivity index (χ0v) is 22.9. The van der Waals surface area contributed by atoms with Gasteiger partial charge in [0.15, 0.2) is 5.11 Å². The van der Waals surface area contributed by atoms with Gasteiger partial charge in [0.05, 0.1) is 20.3 Å². The van der Waals surface area contributed by atoms with Gasteiger partial charge in [-0.2, -0.15) is 4.99 Å². The van der Waals surface area contributed by atoms with E-state index in [0.717, 1.165) is 89.1 Å². The van der Waals surface area contributed by atoms with Crippen molar-refractivity contribution in [3.8, 4) is 5.75 Å². The van der Waals surface area contributed by atoms with Crippen LogP contribution in [0.4, 0.5) is 11.6 Å². The van der Waals surface area contributed by atoms with Crippen molar-refractivity contribution in [1.82, 2.24) is 25.1 Å². The molecule has 0 atom stereocenters. The number of aliphatic imine (C=N–C) groups is 1. The summed E-state index contributed by atoms with van der Waals surface area (Å²) < 4.78 is 10.7. The number of aryl methyl sites for hydroxylation is 2. The molecule has 200 valence electrons. The van der Waals surface area contributed by atoms with Crippen LogP contribution in [0, 0.1) is 13.8 Å². The van der Waals surface area contributed by atoms with Crippen LogP contribution in [-0.2, 0) is 4.74 Å². The van der Waals surface area contributed by atoms with Crippen LogP contribution in [-0.4, -0.2) is 104 Å². The van der Waals surface area contributed by atoms with Gasteiger partial charge in [-0.25, -0.2) is 9.97 Å². The molecule has 0 unspecified atom stereocenters. The van der Waals surface area contributed by atoms with Gasteiger partial charge in [-0.15, -0.1) is 0 Å². The highest BCUT2D eigenvalue weighted by Crippen LogP contribution is 2.21. The van der Waals surface area contributed by atoms with Crippen molar-refractivity contribution in [2.24, 2.45) is 4.99 Å². The van der Waals surface area contributed by atoms with E-state index in [0.29, 0.717) is 17.0 Å². The molecule has 0 amide bonds. The first-order valence-electron chi connectivity index (χ1n) is 12.9. The van der Waals surface area contributed by atoms with Crippen LogP contribution in [0.15, 0.2) is 35.3 Å². The molecule has 0 radical (unpaired) electrons. The van der Waals surface area contributed by atoms with E-state index >= 15 is 0 Å². The Hall–Kier alpha value is -3.02. The summed E-state index contributed by atoms with van der Waals surface area (Å²) >= 11 is 5.60. The van der Waals surface area contributed by atoms with Crippen molar-refractivity contribution in [1.29, 1.82) is 0 Å². The van der Waals surface area contributed by atoms with Gasteiger partial charge in [0.25, 0.3) is 0 Å². The van der Waals surface area contributed by atoms with E-state index in [1.807, 2.05) is 32.0 Å². The lowest BCUT2D eigenvalue weighted by molar-refractivity contribution is 0.0376. The number of nitrogens with one attached hydrogen (secondary N) is 2. The highest BCUT2D eigenvalue weighted by molar-refractivity contribution is 7.80. The Balaban J connectivity index is 1.38. The van der Waals surface area contributed by atoms with Gasteiger partial charge in [0, 0.05) is 62.9 Å². The quantitative estimate of drug-likeness (QED) is 0.242. The van der Waals surface area contributed by atoms with E-state index in [-0.39, 0.29) is 0 Å². The number of piperazine rings is 1. The smallest absolute Gasteiger partial charge is 0.229 e. The number of anilines is 2. The Labute approximate surface area is 225 Å². The average Bonchev–Trinajstić information content (AvgIpc) is 2.91. The van der Waals surface area contributed by atoms with E-state index in [1.165, 1.54) is 5.69 Å². The second-order valence-corrected chi connectivity index (χ2v) is 9.63. The first-order valence-corrected chi connectivity index (χ1v) is 13.3. The normalized spacial score (nSPS) is 17.0. The number of hydrogen-bond donors (Lipinski definition) is 2. The SMILES string of the molecule is COc1ccc(N2CCN(/C(=N\C(=S)NCCCN3CCOCC3)Nc3nc(C)cc(C)n3)CC2)cc1. The third-order valence-electron chi connectivity index (χ3n) is 6.46. The molecule has 1 aromatic carbocycles. The zero-order valence-electron chi connectivity index (χ0n) is 22.1. The van der Waals surface area contributed by atoms with Crippen molar-refractivity contribution >= 4 is 34.9 Å². The highest BCUT2D eigenvalue weighted by atomic mass is 32.1. The molecule has 1 aromatic heterocycles. The molecule has 4 rings (SSSR count). The number of aromatic nitrogens is 2. The second-order valence-electron chi connectivity index (χ2n) is 9.25. The lowest BCUT2D eigenvalue weighted by atomic mass is 10.2. The third-order valence-corrected chi connectivity index (χ3v) is 6.70. The van der Waals surface area contributed by atoms with Gasteiger partial charge in [-0.1, -0.05) is 0 Å². The number of benzene rings is 1. The number of nitrogens with zero attached hydrogens (tertiary/aromatic N) is 6. The standard InChI is InChI=1S/C26H38N8O2S/c1-20-19-21(2)29-24(28-20)30-25(31-26(37)27-9-4-10-32-15-17-36-18-16-32)34-13-11-33(12-14-34)22-5-7-23(35-3)8-6-22/h5-8,19H,4,9-18H2,1-3H3,(H2,27,28,29,30,31,37). The minimum absolute atomic E-state index is 0.464. The van der Waals surface area contributed by atoms with Crippen LogP contribution in [0.5, 0.6) is 5.75 Å². The van der Waals surface area contributed by atoms with Crippen molar-refractivity contribution in [3.05, 3.63) is 41.7 Å². The number of guanidine groups is 1. The molecule has 0 spiro atoms. The number of methoxy groups -OCH3 is 1. The second kappa shape index (κ2) is 13.5. The minimum atomic E-state index is 0.464. The van der Waals surface area contributed by atoms with E-state index in [4.69, 9.17) is 26.7 Å². The van der Waals surface area contributed by atoms with E-state index in [2.05, 4.69) is 47.4 Å². The first kappa shape index (κ1) is 27.0. The van der Waals surface area contributed by atoms with Crippen LogP contribution in [0.2, 0.25) is 0 Å². The molecular formula is C26H38N8O2S. The molecule has 2 aliphatic heterocycles. The summed E-state index contributed by atoms with van der Waals surface area (Å²) in [6.45, 7) is 12.7. The van der Waals surface area contributed by atoms with E-state index < -0.39 is 0 Å². The number of ether oxygens (including phenoxy) is 2. The van der Waals surface area contributed by atoms with Crippen LogP contribution in [0.3, 0.4) is 0 Å². The van der Waals surface area contributed by atoms with Crippen LogP contribution < -0.4 is 20.3 Å². The van der Waals surface area contributed by atoms with Crippen LogP contribution >= 0.6 is 12.2 Å². The number of morpholine rings is 1. The average molecular weight is 527 g/mol. The van der Waals surface area contributed by atoms with Gasteiger partial charge in [0.1, 0.15) is 5.75 Å². The molecule has 2 aliphatic rings. The fourth-order valence-corrected chi connectivity index (χ4v) is 4.68. The predicted octanol–water partition coefficient (Wildman–Crippen LogP) is 2.29. The zero-order chi connectivity index (χ0) is 26.0. The maximum absolute atomic E-state index is 5.60. The molecule has 10 nitrogen and oxygen atoms in total. The molecule has 2 saturated heterocycles. The topological polar surface area (TPSA) is 90.4 Å². The molecule has 11 heteroatoms. The molecular weight excluding hydrogens is 488 g/mol. The van der Waals surface area contributed by atoms with Gasteiger partial charge in [-0.05, 0) is 69.4 Å². The molecule has 0 saturated carbocycles. The summed E-state index contributed by atoms with van der Waals surface area (Å²) in [5.41, 5.74) is 2.99. The van der Waals surface area contributed by atoms with Gasteiger partial charge in [0.2, 0.25) is 11.9 Å². The molecule has 3 heterocycles. The summed E-state index contributed by atoms with van der Waals surface area (Å²) in [5, 5.41) is 7.11. The fraction of sp³-hybridized carbons (Fsp3) is 0.538. The molecule has 2 fully saturated rings. The number of hydrogen-bond acceptors (Lipinski definition) is 7. The van der Waals surface area contributed by atoms with Gasteiger partial charge >= 0.3 is 0 Å². The Bertz CT molecular complexity index is 1030. The predicted molar refractivity (Wildman–Crippen MR) is 152 cm³/mol. The van der Waals surface area contributed by atoms with Gasteiger partial charge in [-0.3, -0.25) is 10.2 Å².